The van der Waals surface area contributed by atoms with E-state index in [-0.39, 0.29) is 17.4 Å². The van der Waals surface area contributed by atoms with E-state index in [0.717, 1.165) is 30.7 Å². The third-order valence-electron chi connectivity index (χ3n) is 4.90. The van der Waals surface area contributed by atoms with E-state index in [4.69, 9.17) is 17.3 Å². The van der Waals surface area contributed by atoms with E-state index in [1.54, 1.807) is 6.20 Å². The normalized spacial score (nSPS) is 23.7. The molecule has 1 fully saturated rings. The van der Waals surface area contributed by atoms with Gasteiger partial charge in [-0.15, -0.1) is 0 Å². The number of aromatic nitrogens is 2. The lowest BCUT2D eigenvalue weighted by atomic mass is 9.68. The largest absolute Gasteiger partial charge is 0.348 e. The van der Waals surface area contributed by atoms with Crippen molar-refractivity contribution in [1.82, 2.24) is 15.3 Å². The number of hydrogen-bond acceptors (Lipinski definition) is 4. The van der Waals surface area contributed by atoms with Gasteiger partial charge in [0.05, 0.1) is 6.20 Å². The van der Waals surface area contributed by atoms with Crippen molar-refractivity contribution in [3.8, 4) is 0 Å². The minimum atomic E-state index is -0.170. The molecule has 1 aromatic carbocycles. The summed E-state index contributed by atoms with van der Waals surface area (Å²) in [6, 6.07) is 8.08. The fraction of sp³-hybridized carbons (Fsp3) is 0.389. The van der Waals surface area contributed by atoms with Gasteiger partial charge < -0.3 is 11.1 Å². The molecule has 3 N–H and O–H groups in total. The maximum atomic E-state index is 12.2. The van der Waals surface area contributed by atoms with Crippen LogP contribution in [0.2, 0.25) is 5.02 Å². The molecular formula is C18H21ClN4O. The highest BCUT2D eigenvalue weighted by molar-refractivity contribution is 6.30. The van der Waals surface area contributed by atoms with Gasteiger partial charge in [0.2, 0.25) is 0 Å². The molecule has 3 rings (SSSR count). The SMILES string of the molecule is NC[C@]1(c2cccc(Cl)c2)CC[C@H](NC(=O)c2cnccn2)CC1. The van der Waals surface area contributed by atoms with Gasteiger partial charge in [-0.1, -0.05) is 23.7 Å². The molecule has 1 aromatic heterocycles. The van der Waals surface area contributed by atoms with Crippen molar-refractivity contribution in [3.05, 3.63) is 59.1 Å². The summed E-state index contributed by atoms with van der Waals surface area (Å²) in [4.78, 5) is 20.2. The second-order valence-corrected chi connectivity index (χ2v) is 6.77. The highest BCUT2D eigenvalue weighted by Crippen LogP contribution is 2.39. The van der Waals surface area contributed by atoms with Crippen molar-refractivity contribution in [1.29, 1.82) is 0 Å². The zero-order valence-electron chi connectivity index (χ0n) is 13.4. The van der Waals surface area contributed by atoms with Crippen LogP contribution in [0.3, 0.4) is 0 Å². The quantitative estimate of drug-likeness (QED) is 0.893. The number of halogens is 1. The molecule has 1 aliphatic carbocycles. The van der Waals surface area contributed by atoms with E-state index in [1.165, 1.54) is 18.0 Å². The number of hydrogen-bond donors (Lipinski definition) is 2. The van der Waals surface area contributed by atoms with E-state index in [9.17, 15) is 4.79 Å². The molecule has 0 radical (unpaired) electrons. The summed E-state index contributed by atoms with van der Waals surface area (Å²) in [6.45, 7) is 0.582. The maximum Gasteiger partial charge on any atom is 0.271 e. The Morgan fingerprint density at radius 1 is 1.33 bits per heavy atom. The van der Waals surface area contributed by atoms with Crippen molar-refractivity contribution >= 4 is 17.5 Å². The lowest BCUT2D eigenvalue weighted by Crippen LogP contribution is -2.45. The van der Waals surface area contributed by atoms with E-state index < -0.39 is 0 Å². The number of rotatable bonds is 4. The number of carbonyl (C=O) groups is 1. The van der Waals surface area contributed by atoms with Crippen LogP contribution in [0.1, 0.15) is 41.7 Å². The van der Waals surface area contributed by atoms with Crippen LogP contribution in [0.5, 0.6) is 0 Å². The fourth-order valence-electron chi connectivity index (χ4n) is 3.42. The molecule has 2 aromatic rings. The highest BCUT2D eigenvalue weighted by Gasteiger charge is 2.36. The van der Waals surface area contributed by atoms with Gasteiger partial charge in [0.1, 0.15) is 5.69 Å². The maximum absolute atomic E-state index is 12.2. The van der Waals surface area contributed by atoms with Crippen LogP contribution in [0.25, 0.3) is 0 Å². The predicted octanol–water partition coefficient (Wildman–Crippen LogP) is 2.70. The third kappa shape index (κ3) is 3.57. The number of amides is 1. The summed E-state index contributed by atoms with van der Waals surface area (Å²) in [5, 5.41) is 3.79. The van der Waals surface area contributed by atoms with Crippen LogP contribution < -0.4 is 11.1 Å². The minimum Gasteiger partial charge on any atom is -0.348 e. The van der Waals surface area contributed by atoms with Gasteiger partial charge in [-0.3, -0.25) is 9.78 Å². The van der Waals surface area contributed by atoms with Crippen LogP contribution in [0.4, 0.5) is 0 Å². The van der Waals surface area contributed by atoms with Gasteiger partial charge in [-0.25, -0.2) is 4.98 Å². The Bertz CT molecular complexity index is 699. The molecular weight excluding hydrogens is 324 g/mol. The van der Waals surface area contributed by atoms with Crippen molar-refractivity contribution in [2.75, 3.05) is 6.54 Å². The van der Waals surface area contributed by atoms with Crippen LogP contribution >= 0.6 is 11.6 Å². The van der Waals surface area contributed by atoms with Gasteiger partial charge >= 0.3 is 0 Å². The Hall–Kier alpha value is -1.98. The summed E-state index contributed by atoms with van der Waals surface area (Å²) in [6.07, 6.45) is 8.18. The molecule has 0 spiro atoms. The first kappa shape index (κ1) is 16.9. The van der Waals surface area contributed by atoms with Gasteiger partial charge in [0, 0.05) is 35.4 Å². The molecule has 5 nitrogen and oxygen atoms in total. The van der Waals surface area contributed by atoms with Crippen LogP contribution in [0, 0.1) is 0 Å². The molecule has 24 heavy (non-hydrogen) atoms. The standard InChI is InChI=1S/C18H21ClN4O/c19-14-3-1-2-13(10-14)18(12-20)6-4-15(5-7-18)23-17(24)16-11-21-8-9-22-16/h1-3,8-11,15H,4-7,12,20H2,(H,23,24)/t15-,18-. The lowest BCUT2D eigenvalue weighted by Gasteiger charge is -2.40. The average molecular weight is 345 g/mol. The highest BCUT2D eigenvalue weighted by atomic mass is 35.5. The minimum absolute atomic E-state index is 0.0569. The van der Waals surface area contributed by atoms with Crippen molar-refractivity contribution < 1.29 is 4.79 Å². The second kappa shape index (κ2) is 7.28. The Labute approximate surface area is 146 Å². The smallest absolute Gasteiger partial charge is 0.271 e. The zero-order valence-corrected chi connectivity index (χ0v) is 14.2. The number of carbonyl (C=O) groups excluding carboxylic acids is 1. The van der Waals surface area contributed by atoms with E-state index in [2.05, 4.69) is 21.4 Å². The van der Waals surface area contributed by atoms with Gasteiger partial charge in [-0.05, 0) is 43.4 Å². The lowest BCUT2D eigenvalue weighted by molar-refractivity contribution is 0.0912. The molecule has 0 unspecified atom stereocenters. The number of benzene rings is 1. The van der Waals surface area contributed by atoms with Crippen LogP contribution in [0.15, 0.2) is 42.9 Å². The van der Waals surface area contributed by atoms with E-state index in [1.807, 2.05) is 18.2 Å². The van der Waals surface area contributed by atoms with Crippen LogP contribution in [-0.2, 0) is 5.41 Å². The van der Waals surface area contributed by atoms with Crippen LogP contribution in [-0.4, -0.2) is 28.5 Å². The summed E-state index contributed by atoms with van der Waals surface area (Å²) in [5.41, 5.74) is 7.59. The Morgan fingerprint density at radius 2 is 2.12 bits per heavy atom. The van der Waals surface area contributed by atoms with E-state index >= 15 is 0 Å². The summed E-state index contributed by atoms with van der Waals surface area (Å²) in [7, 11) is 0. The van der Waals surface area contributed by atoms with Crippen molar-refractivity contribution in [3.63, 3.8) is 0 Å². The van der Waals surface area contributed by atoms with Gasteiger partial charge in [-0.2, -0.15) is 0 Å². The van der Waals surface area contributed by atoms with Gasteiger partial charge in [0.25, 0.3) is 5.91 Å². The molecule has 6 heteroatoms. The summed E-state index contributed by atoms with van der Waals surface area (Å²) < 4.78 is 0. The zero-order chi connectivity index (χ0) is 17.0. The Balaban J connectivity index is 1.65. The Kier molecular flexibility index (Phi) is 5.11. The molecule has 0 saturated heterocycles. The molecule has 0 bridgehead atoms. The summed E-state index contributed by atoms with van der Waals surface area (Å²) in [5.74, 6) is -0.170. The first-order valence-corrected chi connectivity index (χ1v) is 8.54. The molecule has 126 valence electrons. The fourth-order valence-corrected chi connectivity index (χ4v) is 3.61. The molecule has 0 aliphatic heterocycles. The third-order valence-corrected chi connectivity index (χ3v) is 5.14. The average Bonchev–Trinajstić information content (AvgIpc) is 2.63. The van der Waals surface area contributed by atoms with E-state index in [0.29, 0.717) is 12.2 Å². The number of nitrogens with zero attached hydrogens (tertiary/aromatic N) is 2. The van der Waals surface area contributed by atoms with Gasteiger partial charge in [0.15, 0.2) is 0 Å². The molecule has 1 aliphatic rings. The molecule has 1 amide bonds. The van der Waals surface area contributed by atoms with Crippen molar-refractivity contribution in [2.24, 2.45) is 5.73 Å². The molecule has 1 heterocycles. The van der Waals surface area contributed by atoms with Crippen molar-refractivity contribution in [2.45, 2.75) is 37.1 Å². The predicted molar refractivity (Wildman–Crippen MR) is 93.9 cm³/mol. The Morgan fingerprint density at radius 3 is 2.75 bits per heavy atom. The number of nitrogens with one attached hydrogen (secondary N) is 1. The molecule has 0 atom stereocenters. The monoisotopic (exact) mass is 344 g/mol. The summed E-state index contributed by atoms with van der Waals surface area (Å²) >= 11 is 6.14. The second-order valence-electron chi connectivity index (χ2n) is 6.33. The molecule has 1 saturated carbocycles. The first-order valence-electron chi connectivity index (χ1n) is 8.16. The number of nitrogens with two attached hydrogens (primary N) is 1. The first-order chi connectivity index (χ1) is 11.6. The topological polar surface area (TPSA) is 80.9 Å².